The first-order chi connectivity index (χ1) is 12.7. The molecule has 1 atom stereocenters. The standard InChI is InChI=1S/C19H19ClN4O2/c20-17-11-16(22-18-8-9-21-24(17)18)15-7-4-10-23(12-15)19(25)26-13-14-5-2-1-3-6-14/h1-3,5-6,8-9,11,15H,4,7,10,12-13H2. The van der Waals surface area contributed by atoms with Gasteiger partial charge in [0.15, 0.2) is 5.65 Å². The second-order valence-corrected chi connectivity index (χ2v) is 6.82. The van der Waals surface area contributed by atoms with Crippen LogP contribution in [0.3, 0.4) is 0 Å². The molecule has 1 aliphatic rings. The third kappa shape index (κ3) is 3.51. The monoisotopic (exact) mass is 370 g/mol. The number of carbonyl (C=O) groups excluding carboxylic acids is 1. The van der Waals surface area contributed by atoms with Crippen LogP contribution in [0.15, 0.2) is 48.7 Å². The maximum absolute atomic E-state index is 12.4. The van der Waals surface area contributed by atoms with E-state index in [4.69, 9.17) is 16.3 Å². The molecule has 1 unspecified atom stereocenters. The van der Waals surface area contributed by atoms with Crippen LogP contribution in [0.4, 0.5) is 4.79 Å². The summed E-state index contributed by atoms with van der Waals surface area (Å²) >= 11 is 6.29. The molecule has 0 spiro atoms. The Bertz CT molecular complexity index is 912. The zero-order valence-electron chi connectivity index (χ0n) is 14.2. The molecule has 26 heavy (non-hydrogen) atoms. The normalized spacial score (nSPS) is 17.4. The Balaban J connectivity index is 1.43. The van der Waals surface area contributed by atoms with Crippen molar-refractivity contribution in [3.05, 3.63) is 65.1 Å². The summed E-state index contributed by atoms with van der Waals surface area (Å²) < 4.78 is 7.06. The van der Waals surface area contributed by atoms with Crippen LogP contribution in [-0.2, 0) is 11.3 Å². The summed E-state index contributed by atoms with van der Waals surface area (Å²) in [5.74, 6) is 0.144. The molecule has 7 heteroatoms. The minimum atomic E-state index is -0.282. The van der Waals surface area contributed by atoms with Crippen molar-refractivity contribution >= 4 is 23.3 Å². The lowest BCUT2D eigenvalue weighted by Gasteiger charge is -2.31. The van der Waals surface area contributed by atoms with E-state index in [1.54, 1.807) is 15.6 Å². The SMILES string of the molecule is O=C(OCc1ccccc1)N1CCCC(c2cc(Cl)n3nccc3n2)C1. The van der Waals surface area contributed by atoms with E-state index >= 15 is 0 Å². The Hall–Kier alpha value is -2.60. The molecule has 1 aromatic carbocycles. The van der Waals surface area contributed by atoms with Crippen LogP contribution in [0.2, 0.25) is 5.15 Å². The number of benzene rings is 1. The van der Waals surface area contributed by atoms with Crippen LogP contribution in [0.25, 0.3) is 5.65 Å². The number of aromatic nitrogens is 3. The van der Waals surface area contributed by atoms with E-state index in [2.05, 4.69) is 10.1 Å². The minimum absolute atomic E-state index is 0.144. The van der Waals surface area contributed by atoms with Gasteiger partial charge in [0.1, 0.15) is 11.8 Å². The van der Waals surface area contributed by atoms with Crippen LogP contribution in [0.5, 0.6) is 0 Å². The number of fused-ring (bicyclic) bond motifs is 1. The highest BCUT2D eigenvalue weighted by molar-refractivity contribution is 6.29. The van der Waals surface area contributed by atoms with Crippen LogP contribution in [-0.4, -0.2) is 38.7 Å². The highest BCUT2D eigenvalue weighted by atomic mass is 35.5. The van der Waals surface area contributed by atoms with Crippen molar-refractivity contribution in [3.8, 4) is 0 Å². The fourth-order valence-electron chi connectivity index (χ4n) is 3.30. The molecule has 1 fully saturated rings. The first kappa shape index (κ1) is 16.8. The number of hydrogen-bond donors (Lipinski definition) is 0. The molecule has 6 nitrogen and oxygen atoms in total. The lowest BCUT2D eigenvalue weighted by atomic mass is 9.95. The average Bonchev–Trinajstić information content (AvgIpc) is 3.16. The van der Waals surface area contributed by atoms with Crippen molar-refractivity contribution in [2.75, 3.05) is 13.1 Å². The second-order valence-electron chi connectivity index (χ2n) is 6.43. The zero-order valence-corrected chi connectivity index (χ0v) is 15.0. The Labute approximate surface area is 156 Å². The summed E-state index contributed by atoms with van der Waals surface area (Å²) in [5.41, 5.74) is 2.59. The fraction of sp³-hybridized carbons (Fsp3) is 0.316. The van der Waals surface area contributed by atoms with Crippen LogP contribution in [0, 0.1) is 0 Å². The molecule has 3 aromatic rings. The maximum atomic E-state index is 12.4. The van der Waals surface area contributed by atoms with Gasteiger partial charge in [-0.25, -0.2) is 14.3 Å². The van der Waals surface area contributed by atoms with Crippen LogP contribution in [0.1, 0.15) is 30.0 Å². The van der Waals surface area contributed by atoms with Crippen molar-refractivity contribution in [3.63, 3.8) is 0 Å². The van der Waals surface area contributed by atoms with Crippen LogP contribution < -0.4 is 0 Å². The molecule has 0 aliphatic carbocycles. The first-order valence-electron chi connectivity index (χ1n) is 8.66. The molecule has 4 rings (SSSR count). The molecule has 134 valence electrons. The Morgan fingerprint density at radius 1 is 1.27 bits per heavy atom. The Morgan fingerprint density at radius 2 is 2.12 bits per heavy atom. The van der Waals surface area contributed by atoms with Gasteiger partial charge in [-0.15, -0.1) is 0 Å². The number of nitrogens with zero attached hydrogens (tertiary/aromatic N) is 4. The van der Waals surface area contributed by atoms with Gasteiger partial charge >= 0.3 is 6.09 Å². The number of carbonyl (C=O) groups is 1. The number of ether oxygens (including phenoxy) is 1. The van der Waals surface area contributed by atoms with E-state index in [0.29, 0.717) is 18.2 Å². The largest absolute Gasteiger partial charge is 0.445 e. The van der Waals surface area contributed by atoms with Crippen molar-refractivity contribution in [2.24, 2.45) is 0 Å². The summed E-state index contributed by atoms with van der Waals surface area (Å²) in [5, 5.41) is 4.67. The number of hydrogen-bond acceptors (Lipinski definition) is 4. The smallest absolute Gasteiger partial charge is 0.410 e. The third-order valence-electron chi connectivity index (χ3n) is 4.64. The first-order valence-corrected chi connectivity index (χ1v) is 9.04. The van der Waals surface area contributed by atoms with Gasteiger partial charge in [0.05, 0.1) is 11.9 Å². The van der Waals surface area contributed by atoms with Gasteiger partial charge in [-0.1, -0.05) is 41.9 Å². The molecular formula is C19H19ClN4O2. The summed E-state index contributed by atoms with van der Waals surface area (Å²) in [4.78, 5) is 18.8. The predicted molar refractivity (Wildman–Crippen MR) is 98.2 cm³/mol. The molecule has 3 heterocycles. The zero-order chi connectivity index (χ0) is 17.9. The molecule has 0 bridgehead atoms. The van der Waals surface area contributed by atoms with Gasteiger partial charge in [-0.3, -0.25) is 0 Å². The third-order valence-corrected chi connectivity index (χ3v) is 4.91. The summed E-state index contributed by atoms with van der Waals surface area (Å²) in [6.07, 6.45) is 3.27. The van der Waals surface area contributed by atoms with E-state index in [-0.39, 0.29) is 18.6 Å². The highest BCUT2D eigenvalue weighted by Gasteiger charge is 2.27. The van der Waals surface area contributed by atoms with Crippen molar-refractivity contribution in [1.82, 2.24) is 19.5 Å². The van der Waals surface area contributed by atoms with Gasteiger partial charge < -0.3 is 9.64 Å². The Kier molecular flexibility index (Phi) is 4.75. The molecule has 0 saturated carbocycles. The van der Waals surface area contributed by atoms with Crippen molar-refractivity contribution < 1.29 is 9.53 Å². The average molecular weight is 371 g/mol. The van der Waals surface area contributed by atoms with E-state index < -0.39 is 0 Å². The Morgan fingerprint density at radius 3 is 2.96 bits per heavy atom. The minimum Gasteiger partial charge on any atom is -0.445 e. The molecule has 2 aromatic heterocycles. The number of amides is 1. The summed E-state index contributed by atoms with van der Waals surface area (Å²) in [7, 11) is 0. The predicted octanol–water partition coefficient (Wildman–Crippen LogP) is 3.90. The molecule has 1 saturated heterocycles. The fourth-order valence-corrected chi connectivity index (χ4v) is 3.54. The maximum Gasteiger partial charge on any atom is 0.410 e. The summed E-state index contributed by atoms with van der Waals surface area (Å²) in [6.45, 7) is 1.57. The molecule has 1 aliphatic heterocycles. The van der Waals surface area contributed by atoms with E-state index in [9.17, 15) is 4.79 Å². The van der Waals surface area contributed by atoms with Gasteiger partial charge in [-0.05, 0) is 24.5 Å². The van der Waals surface area contributed by atoms with Crippen molar-refractivity contribution in [1.29, 1.82) is 0 Å². The summed E-state index contributed by atoms with van der Waals surface area (Å²) in [6, 6.07) is 13.4. The van der Waals surface area contributed by atoms with E-state index in [0.717, 1.165) is 29.7 Å². The second kappa shape index (κ2) is 7.33. The van der Waals surface area contributed by atoms with Gasteiger partial charge in [0.25, 0.3) is 0 Å². The molecule has 0 radical (unpaired) electrons. The van der Waals surface area contributed by atoms with E-state index in [1.165, 1.54) is 0 Å². The topological polar surface area (TPSA) is 59.7 Å². The highest BCUT2D eigenvalue weighted by Crippen LogP contribution is 2.28. The molecule has 0 N–H and O–H groups in total. The lowest BCUT2D eigenvalue weighted by Crippen LogP contribution is -2.39. The van der Waals surface area contributed by atoms with Gasteiger partial charge in [-0.2, -0.15) is 5.10 Å². The quantitative estimate of drug-likeness (QED) is 0.656. The molecular weight excluding hydrogens is 352 g/mol. The lowest BCUT2D eigenvalue weighted by molar-refractivity contribution is 0.0856. The number of likely N-dealkylation sites (tertiary alicyclic amines) is 1. The van der Waals surface area contributed by atoms with Gasteiger partial charge in [0.2, 0.25) is 0 Å². The van der Waals surface area contributed by atoms with E-state index in [1.807, 2.05) is 42.5 Å². The van der Waals surface area contributed by atoms with Crippen molar-refractivity contribution in [2.45, 2.75) is 25.4 Å². The van der Waals surface area contributed by atoms with Gasteiger partial charge in [0, 0.05) is 25.1 Å². The number of rotatable bonds is 3. The number of halogens is 1. The number of piperidine rings is 1. The molecule has 1 amide bonds. The van der Waals surface area contributed by atoms with Crippen LogP contribution >= 0.6 is 11.6 Å².